The SMILES string of the molecule is c1ccc([Si](c2ccccc2)(c2ccccc2)c2ccc3c(c2)-c2ccccc2B2N3c3cccc4c5ccccc5n2c34)cc1. The third-order valence-electron chi connectivity index (χ3n) is 10.3. The van der Waals surface area contributed by atoms with Crippen molar-refractivity contribution in [2.75, 3.05) is 4.81 Å². The molecule has 0 unspecified atom stereocenters. The van der Waals surface area contributed by atoms with E-state index in [9.17, 15) is 0 Å². The van der Waals surface area contributed by atoms with E-state index in [-0.39, 0.29) is 6.98 Å². The van der Waals surface area contributed by atoms with E-state index in [1.54, 1.807) is 0 Å². The van der Waals surface area contributed by atoms with E-state index in [0.29, 0.717) is 0 Å². The van der Waals surface area contributed by atoms with E-state index < -0.39 is 8.07 Å². The molecule has 2 nitrogen and oxygen atoms in total. The molecule has 0 fully saturated rings. The van der Waals surface area contributed by atoms with Gasteiger partial charge in [-0.2, -0.15) is 0 Å². The fraction of sp³-hybridized carbons (Fsp3) is 0. The zero-order valence-corrected chi connectivity index (χ0v) is 26.2. The van der Waals surface area contributed by atoms with Gasteiger partial charge in [-0.1, -0.05) is 158 Å². The number of aromatic nitrogens is 1. The molecule has 8 aromatic rings. The molecule has 0 aliphatic carbocycles. The Morgan fingerprint density at radius 1 is 0.413 bits per heavy atom. The first-order chi connectivity index (χ1) is 22.9. The van der Waals surface area contributed by atoms with Gasteiger partial charge in [0.2, 0.25) is 0 Å². The van der Waals surface area contributed by atoms with E-state index in [1.165, 1.54) is 70.5 Å². The molecule has 0 N–H and O–H groups in total. The molecule has 0 atom stereocenters. The van der Waals surface area contributed by atoms with Crippen LogP contribution in [0, 0.1) is 0 Å². The smallest absolute Gasteiger partial charge is 0.359 e. The van der Waals surface area contributed by atoms with Gasteiger partial charge in [0.1, 0.15) is 0 Å². The second kappa shape index (κ2) is 9.71. The van der Waals surface area contributed by atoms with E-state index >= 15 is 0 Å². The molecule has 214 valence electrons. The van der Waals surface area contributed by atoms with Crippen LogP contribution in [0.4, 0.5) is 11.4 Å². The van der Waals surface area contributed by atoms with Gasteiger partial charge in [-0.15, -0.1) is 0 Å². The lowest BCUT2D eigenvalue weighted by atomic mass is 9.60. The monoisotopic (exact) mass is 600 g/mol. The summed E-state index contributed by atoms with van der Waals surface area (Å²) in [6.45, 7) is 0.0636. The van der Waals surface area contributed by atoms with Crippen LogP contribution in [0.3, 0.4) is 0 Å². The first kappa shape index (κ1) is 25.7. The van der Waals surface area contributed by atoms with Gasteiger partial charge >= 0.3 is 6.98 Å². The number of hydrogen-bond acceptors (Lipinski definition) is 1. The van der Waals surface area contributed by atoms with Gasteiger partial charge in [-0.05, 0) is 50.0 Å². The standard InChI is InChI=1S/C42H29BN2Si/c1-4-15-30(16-5-1)46(31-17-6-2-7-18-31,32-19-8-3-9-20-32)33-27-28-40-37(29-33)34-21-10-12-24-38(34)43-44(40)41-26-14-23-36-35-22-11-13-25-39(35)45(43)42(36)41/h1-29H. The summed E-state index contributed by atoms with van der Waals surface area (Å²) in [5.41, 5.74) is 9.12. The van der Waals surface area contributed by atoms with Gasteiger partial charge in [0.25, 0.3) is 0 Å². The summed E-state index contributed by atoms with van der Waals surface area (Å²) >= 11 is 0. The maximum absolute atomic E-state index is 2.67. The zero-order chi connectivity index (χ0) is 30.2. The average molecular weight is 601 g/mol. The van der Waals surface area contributed by atoms with Gasteiger partial charge < -0.3 is 9.29 Å². The van der Waals surface area contributed by atoms with E-state index in [1.807, 2.05) is 0 Å². The Balaban J connectivity index is 1.29. The fourth-order valence-corrected chi connectivity index (χ4v) is 13.3. The molecule has 1 aromatic heterocycles. The quantitative estimate of drug-likeness (QED) is 0.164. The summed E-state index contributed by atoms with van der Waals surface area (Å²) < 4.78 is 2.58. The number of benzene rings is 7. The lowest BCUT2D eigenvalue weighted by Crippen LogP contribution is -2.74. The van der Waals surface area contributed by atoms with Gasteiger partial charge in [-0.25, -0.2) is 0 Å². The Bertz CT molecular complexity index is 2340. The van der Waals surface area contributed by atoms with Crippen molar-refractivity contribution < 1.29 is 0 Å². The van der Waals surface area contributed by atoms with E-state index in [0.717, 1.165) is 0 Å². The Morgan fingerprint density at radius 3 is 1.70 bits per heavy atom. The first-order valence-corrected chi connectivity index (χ1v) is 18.1. The predicted octanol–water partition coefficient (Wildman–Crippen LogP) is 6.55. The topological polar surface area (TPSA) is 8.17 Å². The highest BCUT2D eigenvalue weighted by Gasteiger charge is 2.46. The van der Waals surface area contributed by atoms with Crippen molar-refractivity contribution in [2.45, 2.75) is 0 Å². The second-order valence-corrected chi connectivity index (χ2v) is 16.3. The highest BCUT2D eigenvalue weighted by Crippen LogP contribution is 2.48. The molecule has 7 aromatic carbocycles. The van der Waals surface area contributed by atoms with Gasteiger partial charge in [0.05, 0.1) is 11.2 Å². The van der Waals surface area contributed by atoms with Crippen molar-refractivity contribution in [3.8, 4) is 11.1 Å². The van der Waals surface area contributed by atoms with Gasteiger partial charge in [-0.3, -0.25) is 0 Å². The molecular weight excluding hydrogens is 571 g/mol. The lowest BCUT2D eigenvalue weighted by molar-refractivity contribution is 1.31. The van der Waals surface area contributed by atoms with Gasteiger partial charge in [0.15, 0.2) is 8.07 Å². The summed E-state index contributed by atoms with van der Waals surface area (Å²) in [5.74, 6) is 0. The highest BCUT2D eigenvalue weighted by atomic mass is 28.3. The molecule has 0 saturated carbocycles. The maximum atomic E-state index is 2.59. The Kier molecular flexibility index (Phi) is 5.43. The number of nitrogens with zero attached hydrogens (tertiary/aromatic N) is 2. The molecule has 0 spiro atoms. The number of rotatable bonds is 4. The predicted molar refractivity (Wildman–Crippen MR) is 198 cm³/mol. The first-order valence-electron chi connectivity index (χ1n) is 16.1. The fourth-order valence-electron chi connectivity index (χ4n) is 8.50. The third-order valence-corrected chi connectivity index (χ3v) is 15.1. The van der Waals surface area contributed by atoms with Crippen LogP contribution in [0.1, 0.15) is 0 Å². The Hall–Kier alpha value is -5.58. The van der Waals surface area contributed by atoms with Crippen molar-refractivity contribution in [3.63, 3.8) is 0 Å². The van der Waals surface area contributed by atoms with Crippen molar-refractivity contribution in [1.82, 2.24) is 4.48 Å². The zero-order valence-electron chi connectivity index (χ0n) is 25.2. The van der Waals surface area contributed by atoms with Crippen LogP contribution in [0.2, 0.25) is 0 Å². The van der Waals surface area contributed by atoms with Crippen molar-refractivity contribution in [2.24, 2.45) is 0 Å². The molecule has 3 heterocycles. The normalized spacial score (nSPS) is 13.1. The summed E-state index contributed by atoms with van der Waals surface area (Å²) in [6, 6.07) is 65.8. The summed E-state index contributed by atoms with van der Waals surface area (Å²) in [7, 11) is -2.67. The second-order valence-electron chi connectivity index (χ2n) is 12.5. The number of anilines is 2. The van der Waals surface area contributed by atoms with E-state index in [2.05, 4.69) is 185 Å². The van der Waals surface area contributed by atoms with Crippen LogP contribution in [0.25, 0.3) is 32.9 Å². The molecule has 2 aliphatic rings. The van der Waals surface area contributed by atoms with Crippen LogP contribution in [0.5, 0.6) is 0 Å². The minimum absolute atomic E-state index is 0.0636. The van der Waals surface area contributed by atoms with Crippen LogP contribution >= 0.6 is 0 Å². The van der Waals surface area contributed by atoms with Crippen LogP contribution in [-0.2, 0) is 0 Å². The lowest BCUT2D eigenvalue weighted by Gasteiger charge is -2.38. The molecule has 4 heteroatoms. The molecule has 0 saturated heterocycles. The van der Waals surface area contributed by atoms with Gasteiger partial charge in [0, 0.05) is 27.5 Å². The number of para-hydroxylation sites is 2. The molecule has 46 heavy (non-hydrogen) atoms. The Labute approximate surface area is 269 Å². The molecule has 0 amide bonds. The maximum Gasteiger partial charge on any atom is 0.421 e. The Morgan fingerprint density at radius 2 is 1.00 bits per heavy atom. The highest BCUT2D eigenvalue weighted by molar-refractivity contribution is 7.20. The molecule has 10 rings (SSSR count). The van der Waals surface area contributed by atoms with Crippen molar-refractivity contribution in [3.05, 3.63) is 176 Å². The molecular formula is C42H29BN2Si. The molecule has 2 aliphatic heterocycles. The minimum Gasteiger partial charge on any atom is -0.359 e. The molecule has 0 radical (unpaired) electrons. The summed E-state index contributed by atoms with van der Waals surface area (Å²) in [6.07, 6.45) is 0. The third kappa shape index (κ3) is 3.31. The average Bonchev–Trinajstić information content (AvgIpc) is 3.67. The number of fused-ring (bicyclic) bond motifs is 11. The van der Waals surface area contributed by atoms with Crippen LogP contribution in [-0.4, -0.2) is 19.5 Å². The molecule has 0 bridgehead atoms. The largest absolute Gasteiger partial charge is 0.421 e. The number of hydrogen-bond donors (Lipinski definition) is 0. The van der Waals surface area contributed by atoms with Crippen molar-refractivity contribution in [1.29, 1.82) is 0 Å². The summed E-state index contributed by atoms with van der Waals surface area (Å²) in [4.78, 5) is 2.59. The van der Waals surface area contributed by atoms with Crippen LogP contribution in [0.15, 0.2) is 176 Å². The van der Waals surface area contributed by atoms with Crippen molar-refractivity contribution >= 4 is 74.4 Å². The minimum atomic E-state index is -2.67. The summed E-state index contributed by atoms with van der Waals surface area (Å²) in [5, 5.41) is 8.21. The van der Waals surface area contributed by atoms with E-state index in [4.69, 9.17) is 0 Å². The van der Waals surface area contributed by atoms with Crippen LogP contribution < -0.4 is 31.0 Å².